The lowest BCUT2D eigenvalue weighted by Crippen LogP contribution is -2.34. The van der Waals surface area contributed by atoms with Crippen LogP contribution in [0.15, 0.2) is 60.4 Å². The second-order valence-corrected chi connectivity index (χ2v) is 13.6. The second-order valence-electron chi connectivity index (χ2n) is 12.2. The van der Waals surface area contributed by atoms with Crippen LogP contribution in [0.1, 0.15) is 66.0 Å². The first-order valence-electron chi connectivity index (χ1n) is 15.3. The molecule has 0 amide bonds. The molecule has 0 unspecified atom stereocenters. The van der Waals surface area contributed by atoms with Crippen LogP contribution >= 0.6 is 22.9 Å². The number of para-hydroxylation sites is 1. The zero-order chi connectivity index (χ0) is 29.8. The lowest BCUT2D eigenvalue weighted by Gasteiger charge is -2.32. The minimum Gasteiger partial charge on any atom is -0.488 e. The molecule has 8 rings (SSSR count). The number of nitrogens with zero attached hydrogens (tertiary/aromatic N) is 5. The number of aromatic nitrogens is 4. The van der Waals surface area contributed by atoms with Gasteiger partial charge in [-0.15, -0.1) is 11.3 Å². The quantitative estimate of drug-likeness (QED) is 0.177. The van der Waals surface area contributed by atoms with Crippen molar-refractivity contribution in [3.8, 4) is 17.2 Å². The Morgan fingerprint density at radius 2 is 1.89 bits per heavy atom. The number of thiazole rings is 1. The van der Waals surface area contributed by atoms with Crippen molar-refractivity contribution in [2.45, 2.75) is 70.4 Å². The summed E-state index contributed by atoms with van der Waals surface area (Å²) in [5.41, 5.74) is 7.04. The van der Waals surface area contributed by atoms with Crippen LogP contribution in [0.3, 0.4) is 0 Å². The Morgan fingerprint density at radius 3 is 2.64 bits per heavy atom. The smallest absolute Gasteiger partial charge is 0.292 e. The third-order valence-corrected chi connectivity index (χ3v) is 9.94. The van der Waals surface area contributed by atoms with Gasteiger partial charge in [0.25, 0.3) is 5.79 Å². The summed E-state index contributed by atoms with van der Waals surface area (Å²) in [6.45, 7) is 7.52. The normalized spacial score (nSPS) is 20.4. The van der Waals surface area contributed by atoms with Gasteiger partial charge in [-0.2, -0.15) is 0 Å². The van der Waals surface area contributed by atoms with Gasteiger partial charge < -0.3 is 18.8 Å². The van der Waals surface area contributed by atoms with E-state index >= 15 is 0 Å². The van der Waals surface area contributed by atoms with E-state index in [1.165, 1.54) is 10.4 Å². The molecular formula is C34H34ClN5O3S. The fraction of sp³-hybridized carbons (Fsp3) is 0.382. The summed E-state index contributed by atoms with van der Waals surface area (Å²) in [5.74, 6) is 3.00. The van der Waals surface area contributed by atoms with Gasteiger partial charge in [0.05, 0.1) is 35.2 Å². The van der Waals surface area contributed by atoms with Crippen LogP contribution in [0.25, 0.3) is 11.0 Å². The largest absolute Gasteiger partial charge is 0.488 e. The van der Waals surface area contributed by atoms with Crippen LogP contribution in [0.4, 0.5) is 0 Å². The SMILES string of the molecule is Cc1ccc2c(nc(CN3CCC(c4cccc5c4O[C@](C)(c4ccc(Cl)cn4)O5)CC3)n2Cc2cncs2)c1OC1CC1. The Bertz CT molecular complexity index is 1810. The average Bonchev–Trinajstić information content (AvgIpc) is 3.39. The lowest BCUT2D eigenvalue weighted by molar-refractivity contribution is -0.0722. The van der Waals surface area contributed by atoms with Crippen molar-refractivity contribution in [1.29, 1.82) is 0 Å². The third kappa shape index (κ3) is 5.21. The second kappa shape index (κ2) is 11.1. The molecule has 0 spiro atoms. The molecule has 0 N–H and O–H groups in total. The van der Waals surface area contributed by atoms with Crippen molar-refractivity contribution >= 4 is 34.0 Å². The zero-order valence-electron chi connectivity index (χ0n) is 24.8. The van der Waals surface area contributed by atoms with Crippen molar-refractivity contribution in [2.24, 2.45) is 0 Å². The number of pyridine rings is 1. The maximum absolute atomic E-state index is 6.51. The van der Waals surface area contributed by atoms with Gasteiger partial charge in [-0.3, -0.25) is 14.9 Å². The Labute approximate surface area is 265 Å². The van der Waals surface area contributed by atoms with E-state index in [0.29, 0.717) is 22.7 Å². The highest BCUT2D eigenvalue weighted by molar-refractivity contribution is 7.09. The monoisotopic (exact) mass is 627 g/mol. The number of piperidine rings is 1. The molecule has 10 heteroatoms. The third-order valence-electron chi connectivity index (χ3n) is 8.95. The Morgan fingerprint density at radius 1 is 1.02 bits per heavy atom. The first-order valence-corrected chi connectivity index (χ1v) is 16.6. The van der Waals surface area contributed by atoms with Gasteiger partial charge in [0.1, 0.15) is 22.8 Å². The van der Waals surface area contributed by atoms with Gasteiger partial charge in [-0.25, -0.2) is 4.98 Å². The molecule has 2 aromatic carbocycles. The molecule has 1 saturated heterocycles. The van der Waals surface area contributed by atoms with Gasteiger partial charge in [-0.1, -0.05) is 29.8 Å². The van der Waals surface area contributed by atoms with Crippen LogP contribution < -0.4 is 14.2 Å². The minimum atomic E-state index is -0.985. The van der Waals surface area contributed by atoms with Crippen molar-refractivity contribution in [3.63, 3.8) is 0 Å². The summed E-state index contributed by atoms with van der Waals surface area (Å²) in [5, 5.41) is 0.585. The van der Waals surface area contributed by atoms with E-state index in [9.17, 15) is 0 Å². The summed E-state index contributed by atoms with van der Waals surface area (Å²) in [7, 11) is 0. The van der Waals surface area contributed by atoms with Gasteiger partial charge in [0.2, 0.25) is 0 Å². The molecule has 2 fully saturated rings. The predicted molar refractivity (Wildman–Crippen MR) is 171 cm³/mol. The maximum Gasteiger partial charge on any atom is 0.292 e. The van der Waals surface area contributed by atoms with Gasteiger partial charge in [-0.05, 0) is 81.4 Å². The molecular weight excluding hydrogens is 594 g/mol. The number of benzene rings is 2. The number of halogens is 1. The number of hydrogen-bond acceptors (Lipinski definition) is 8. The number of likely N-dealkylation sites (tertiary alicyclic amines) is 1. The van der Waals surface area contributed by atoms with Crippen LogP contribution in [-0.2, 0) is 18.9 Å². The Hall–Kier alpha value is -3.66. The maximum atomic E-state index is 6.51. The molecule has 0 bridgehead atoms. The summed E-state index contributed by atoms with van der Waals surface area (Å²) < 4.78 is 21.6. The molecule has 3 aliphatic rings. The zero-order valence-corrected chi connectivity index (χ0v) is 26.4. The molecule has 3 aromatic heterocycles. The van der Waals surface area contributed by atoms with Gasteiger partial charge >= 0.3 is 0 Å². The molecule has 1 atom stereocenters. The van der Waals surface area contributed by atoms with Crippen LogP contribution in [0.2, 0.25) is 5.02 Å². The highest BCUT2D eigenvalue weighted by atomic mass is 35.5. The number of rotatable bonds is 8. The fourth-order valence-corrected chi connectivity index (χ4v) is 7.11. The molecule has 5 heterocycles. The molecule has 0 radical (unpaired) electrons. The topological polar surface area (TPSA) is 74.5 Å². The van der Waals surface area contributed by atoms with E-state index in [4.69, 9.17) is 30.8 Å². The van der Waals surface area contributed by atoms with Gasteiger partial charge in [0, 0.05) is 29.8 Å². The number of hydrogen-bond donors (Lipinski definition) is 0. The summed E-state index contributed by atoms with van der Waals surface area (Å²) in [6, 6.07) is 14.3. The lowest BCUT2D eigenvalue weighted by atomic mass is 9.88. The Kier molecular flexibility index (Phi) is 7.00. The molecule has 226 valence electrons. The molecule has 2 aliphatic heterocycles. The molecule has 5 aromatic rings. The number of fused-ring (bicyclic) bond motifs is 2. The van der Waals surface area contributed by atoms with Crippen molar-refractivity contribution in [2.75, 3.05) is 13.1 Å². The Balaban J connectivity index is 1.02. The molecule has 44 heavy (non-hydrogen) atoms. The van der Waals surface area contributed by atoms with E-state index < -0.39 is 5.79 Å². The van der Waals surface area contributed by atoms with Crippen LogP contribution in [0, 0.1) is 6.92 Å². The summed E-state index contributed by atoms with van der Waals surface area (Å²) in [4.78, 5) is 17.8. The molecule has 8 nitrogen and oxygen atoms in total. The number of aryl methyl sites for hydroxylation is 1. The van der Waals surface area contributed by atoms with Crippen molar-refractivity contribution in [3.05, 3.63) is 92.9 Å². The number of imidazole rings is 1. The van der Waals surface area contributed by atoms with E-state index in [0.717, 1.165) is 91.5 Å². The van der Waals surface area contributed by atoms with Crippen molar-refractivity contribution < 1.29 is 14.2 Å². The van der Waals surface area contributed by atoms with Gasteiger partial charge in [0.15, 0.2) is 11.5 Å². The molecule has 1 saturated carbocycles. The van der Waals surface area contributed by atoms with Crippen LogP contribution in [0.5, 0.6) is 17.2 Å². The first-order chi connectivity index (χ1) is 21.4. The average molecular weight is 628 g/mol. The van der Waals surface area contributed by atoms with E-state index in [2.05, 4.69) is 50.6 Å². The van der Waals surface area contributed by atoms with E-state index in [1.54, 1.807) is 17.5 Å². The fourth-order valence-electron chi connectivity index (χ4n) is 6.41. The summed E-state index contributed by atoms with van der Waals surface area (Å²) in [6.07, 6.45) is 8.21. The predicted octanol–water partition coefficient (Wildman–Crippen LogP) is 7.46. The van der Waals surface area contributed by atoms with E-state index in [-0.39, 0.29) is 0 Å². The highest BCUT2D eigenvalue weighted by Crippen LogP contribution is 2.49. The molecule has 1 aliphatic carbocycles. The highest BCUT2D eigenvalue weighted by Gasteiger charge is 2.42. The van der Waals surface area contributed by atoms with Crippen LogP contribution in [-0.4, -0.2) is 43.6 Å². The van der Waals surface area contributed by atoms with Crippen molar-refractivity contribution in [1.82, 2.24) is 24.4 Å². The summed E-state index contributed by atoms with van der Waals surface area (Å²) >= 11 is 7.76. The standard InChI is InChI=1S/C34H34ClN5O3S/c1-21-6-10-27-31(32(21)41-24-8-9-24)38-30(40(27)18-25-17-36-20-44-25)19-39-14-12-22(13-15-39)26-4-3-5-28-33(26)43-34(2,42-28)29-11-7-23(35)16-37-29/h3-7,10-11,16-17,20,22,24H,8-9,12-15,18-19H2,1-2H3/t34-/m1/s1. The first kappa shape index (κ1) is 27.9. The number of ether oxygens (including phenoxy) is 3. The minimum absolute atomic E-state index is 0.322. The van der Waals surface area contributed by atoms with E-state index in [1.807, 2.05) is 36.8 Å².